The summed E-state index contributed by atoms with van der Waals surface area (Å²) in [5, 5.41) is 7.69. The van der Waals surface area contributed by atoms with Crippen LogP contribution in [0.15, 0.2) is 17.5 Å². The van der Waals surface area contributed by atoms with Crippen LogP contribution in [0.3, 0.4) is 0 Å². The minimum absolute atomic E-state index is 0.00835. The molecule has 0 aromatic carbocycles. The van der Waals surface area contributed by atoms with Gasteiger partial charge >= 0.3 is 0 Å². The van der Waals surface area contributed by atoms with Gasteiger partial charge in [-0.3, -0.25) is 29.0 Å². The summed E-state index contributed by atoms with van der Waals surface area (Å²) in [6.07, 6.45) is 3.22. The third kappa shape index (κ3) is 12.2. The molecule has 16 nitrogen and oxygen atoms in total. The predicted molar refractivity (Wildman–Crippen MR) is 138 cm³/mol. The number of imidazole rings is 1. The Balaban J connectivity index is 3.01. The molecule has 1 aromatic heterocycles. The second kappa shape index (κ2) is 15.8. The van der Waals surface area contributed by atoms with Gasteiger partial charge in [0, 0.05) is 24.9 Å². The lowest BCUT2D eigenvalue weighted by Crippen LogP contribution is -2.58. The standard InChI is InChI=1S/C22H39N11O5/c1-11(2)6-15(20(37)31-14(18(25)35)4-3-5-29-22(26)27)33-21(38)16(7-12-9-28-10-30-12)32-19(36)13(23)8-17(24)34/h9-11,13-16H,3-8,23H2,1-2H3,(H2,24,34)(H2,25,35)(H,28,30)(H,31,37)(H,32,36)(H,33,38)(H4,26,27,29)/t13-,14-,15-,16-/m0/s1. The van der Waals surface area contributed by atoms with Gasteiger partial charge in [-0.05, 0) is 25.2 Å². The van der Waals surface area contributed by atoms with Crippen LogP contribution in [0.25, 0.3) is 0 Å². The molecule has 0 fully saturated rings. The lowest BCUT2D eigenvalue weighted by atomic mass is 10.0. The Bertz CT molecular complexity index is 976. The number of H-pyrrole nitrogens is 1. The lowest BCUT2D eigenvalue weighted by Gasteiger charge is -2.26. The molecule has 0 spiro atoms. The van der Waals surface area contributed by atoms with Gasteiger partial charge in [-0.25, -0.2) is 4.98 Å². The summed E-state index contributed by atoms with van der Waals surface area (Å²) in [6, 6.07) is -4.51. The maximum absolute atomic E-state index is 13.2. The number of amides is 5. The van der Waals surface area contributed by atoms with Crippen LogP contribution in [0.2, 0.25) is 0 Å². The summed E-state index contributed by atoms with van der Waals surface area (Å²) < 4.78 is 0. The molecule has 0 saturated heterocycles. The zero-order valence-electron chi connectivity index (χ0n) is 21.6. The Labute approximate surface area is 220 Å². The number of hydrogen-bond donors (Lipinski definition) is 9. The highest BCUT2D eigenvalue weighted by Crippen LogP contribution is 2.09. The molecule has 1 rings (SSSR count). The molecule has 0 aliphatic rings. The minimum Gasteiger partial charge on any atom is -0.370 e. The molecule has 0 radical (unpaired) electrons. The van der Waals surface area contributed by atoms with Crippen molar-refractivity contribution in [3.8, 4) is 0 Å². The molecule has 4 atom stereocenters. The van der Waals surface area contributed by atoms with Gasteiger partial charge in [-0.2, -0.15) is 0 Å². The van der Waals surface area contributed by atoms with Crippen molar-refractivity contribution >= 4 is 35.5 Å². The van der Waals surface area contributed by atoms with Crippen LogP contribution >= 0.6 is 0 Å². The van der Waals surface area contributed by atoms with Crippen molar-refractivity contribution < 1.29 is 24.0 Å². The molecule has 0 saturated carbocycles. The summed E-state index contributed by atoms with van der Waals surface area (Å²) in [5.74, 6) is -3.76. The van der Waals surface area contributed by atoms with E-state index in [4.69, 9.17) is 28.7 Å². The van der Waals surface area contributed by atoms with Crippen molar-refractivity contribution in [3.63, 3.8) is 0 Å². The van der Waals surface area contributed by atoms with E-state index in [0.29, 0.717) is 12.1 Å². The molecule has 38 heavy (non-hydrogen) atoms. The van der Waals surface area contributed by atoms with E-state index >= 15 is 0 Å². The molecule has 0 bridgehead atoms. The fourth-order valence-electron chi connectivity index (χ4n) is 3.45. The molecule has 14 N–H and O–H groups in total. The Kier molecular flexibility index (Phi) is 13.2. The summed E-state index contributed by atoms with van der Waals surface area (Å²) in [6.45, 7) is 3.93. The molecule has 0 unspecified atom stereocenters. The largest absolute Gasteiger partial charge is 0.370 e. The molecule has 212 valence electrons. The van der Waals surface area contributed by atoms with Crippen molar-refractivity contribution in [1.29, 1.82) is 0 Å². The smallest absolute Gasteiger partial charge is 0.243 e. The van der Waals surface area contributed by atoms with Crippen molar-refractivity contribution in [2.75, 3.05) is 6.54 Å². The van der Waals surface area contributed by atoms with E-state index in [9.17, 15) is 24.0 Å². The number of hydrogen-bond acceptors (Lipinski definition) is 8. The van der Waals surface area contributed by atoms with E-state index in [2.05, 4.69) is 30.9 Å². The van der Waals surface area contributed by atoms with E-state index in [1.54, 1.807) is 0 Å². The Hall–Kier alpha value is -4.21. The second-order valence-electron chi connectivity index (χ2n) is 9.22. The third-order valence-corrected chi connectivity index (χ3v) is 5.32. The number of primary amides is 2. The molecule has 1 heterocycles. The van der Waals surface area contributed by atoms with Crippen LogP contribution in [-0.2, 0) is 30.4 Å². The van der Waals surface area contributed by atoms with Crippen LogP contribution in [0.5, 0.6) is 0 Å². The highest BCUT2D eigenvalue weighted by Gasteiger charge is 2.31. The van der Waals surface area contributed by atoms with Gasteiger partial charge in [0.15, 0.2) is 5.96 Å². The number of carbonyl (C=O) groups excluding carboxylic acids is 5. The van der Waals surface area contributed by atoms with Crippen molar-refractivity contribution in [2.24, 2.45) is 39.6 Å². The topological polar surface area (TPSA) is 293 Å². The van der Waals surface area contributed by atoms with E-state index in [1.165, 1.54) is 12.5 Å². The third-order valence-electron chi connectivity index (χ3n) is 5.32. The molecule has 1 aromatic rings. The van der Waals surface area contributed by atoms with Gasteiger partial charge < -0.3 is 49.6 Å². The van der Waals surface area contributed by atoms with Crippen LogP contribution in [-0.4, -0.2) is 76.2 Å². The Morgan fingerprint density at radius 1 is 0.947 bits per heavy atom. The highest BCUT2D eigenvalue weighted by molar-refractivity contribution is 5.95. The van der Waals surface area contributed by atoms with E-state index in [1.807, 2.05) is 13.8 Å². The number of guanidine groups is 1. The number of nitrogens with zero attached hydrogens (tertiary/aromatic N) is 2. The summed E-state index contributed by atoms with van der Waals surface area (Å²) in [7, 11) is 0. The zero-order valence-corrected chi connectivity index (χ0v) is 21.6. The highest BCUT2D eigenvalue weighted by atomic mass is 16.2. The number of carbonyl (C=O) groups is 5. The SMILES string of the molecule is CC(C)C[C@H](NC(=O)[C@H](Cc1cnc[nH]1)NC(=O)[C@@H](N)CC(N)=O)C(=O)N[C@@H](CCCN=C(N)N)C(N)=O. The van der Waals surface area contributed by atoms with Crippen LogP contribution in [0.1, 0.15) is 45.2 Å². The molecule has 0 aliphatic carbocycles. The first kappa shape index (κ1) is 31.8. The number of rotatable bonds is 17. The lowest BCUT2D eigenvalue weighted by molar-refractivity contribution is -0.134. The second-order valence-corrected chi connectivity index (χ2v) is 9.22. The summed E-state index contributed by atoms with van der Waals surface area (Å²) >= 11 is 0. The summed E-state index contributed by atoms with van der Waals surface area (Å²) in [4.78, 5) is 72.4. The van der Waals surface area contributed by atoms with Gasteiger partial charge in [0.2, 0.25) is 29.5 Å². The average Bonchev–Trinajstić information content (AvgIpc) is 3.32. The van der Waals surface area contributed by atoms with Gasteiger partial charge in [0.05, 0.1) is 18.8 Å². The molecular weight excluding hydrogens is 498 g/mol. The van der Waals surface area contributed by atoms with Gasteiger partial charge in [-0.1, -0.05) is 13.8 Å². The fourth-order valence-corrected chi connectivity index (χ4v) is 3.45. The number of aromatic nitrogens is 2. The van der Waals surface area contributed by atoms with E-state index in [-0.39, 0.29) is 37.7 Å². The van der Waals surface area contributed by atoms with E-state index in [0.717, 1.165) is 0 Å². The maximum atomic E-state index is 13.2. The normalized spacial score (nSPS) is 14.0. The van der Waals surface area contributed by atoms with Crippen molar-refractivity contribution in [3.05, 3.63) is 18.2 Å². The quantitative estimate of drug-likeness (QED) is 0.0533. The summed E-state index contributed by atoms with van der Waals surface area (Å²) in [5.41, 5.74) is 27.3. The van der Waals surface area contributed by atoms with Crippen molar-refractivity contribution in [1.82, 2.24) is 25.9 Å². The Morgan fingerprint density at radius 3 is 2.08 bits per heavy atom. The minimum atomic E-state index is -1.27. The average molecular weight is 538 g/mol. The van der Waals surface area contributed by atoms with E-state index < -0.39 is 60.1 Å². The maximum Gasteiger partial charge on any atom is 0.243 e. The fraction of sp³-hybridized carbons (Fsp3) is 0.591. The first-order valence-electron chi connectivity index (χ1n) is 12.1. The molecule has 0 aliphatic heterocycles. The van der Waals surface area contributed by atoms with Gasteiger partial charge in [0.25, 0.3) is 0 Å². The van der Waals surface area contributed by atoms with Crippen LogP contribution < -0.4 is 44.6 Å². The number of aromatic amines is 1. The molecule has 16 heteroatoms. The van der Waals surface area contributed by atoms with Gasteiger partial charge in [-0.15, -0.1) is 0 Å². The molecule has 5 amide bonds. The first-order valence-corrected chi connectivity index (χ1v) is 12.1. The van der Waals surface area contributed by atoms with Gasteiger partial charge in [0.1, 0.15) is 18.1 Å². The number of nitrogens with two attached hydrogens (primary N) is 5. The predicted octanol–water partition coefficient (Wildman–Crippen LogP) is -3.81. The van der Waals surface area contributed by atoms with Crippen LogP contribution in [0, 0.1) is 5.92 Å². The first-order chi connectivity index (χ1) is 17.8. The van der Waals surface area contributed by atoms with Crippen molar-refractivity contribution in [2.45, 2.75) is 70.1 Å². The molecular formula is C22H39N11O5. The zero-order chi connectivity index (χ0) is 28.8. The number of aliphatic imine (C=N–C) groups is 1. The monoisotopic (exact) mass is 537 g/mol. The number of nitrogens with one attached hydrogen (secondary N) is 4. The Morgan fingerprint density at radius 2 is 1.55 bits per heavy atom. The van der Waals surface area contributed by atoms with Crippen LogP contribution in [0.4, 0.5) is 0 Å².